The number of carbonyl (C=O) groups excluding carboxylic acids is 1. The van der Waals surface area contributed by atoms with Crippen LogP contribution in [0.2, 0.25) is 0 Å². The lowest BCUT2D eigenvalue weighted by Gasteiger charge is -2.44. The van der Waals surface area contributed by atoms with E-state index in [1.54, 1.807) is 18.3 Å². The Kier molecular flexibility index (Phi) is 3.84. The molecule has 1 aromatic rings. The second kappa shape index (κ2) is 5.76. The molecule has 3 heterocycles. The van der Waals surface area contributed by atoms with Crippen LogP contribution < -0.4 is 11.3 Å². The molecule has 3 N–H and O–H groups in total. The van der Waals surface area contributed by atoms with Crippen LogP contribution in [-0.4, -0.2) is 52.9 Å². The van der Waals surface area contributed by atoms with E-state index in [4.69, 9.17) is 5.84 Å². The Hall–Kier alpha value is -1.66. The fourth-order valence-electron chi connectivity index (χ4n) is 3.13. The van der Waals surface area contributed by atoms with Crippen LogP contribution in [0, 0.1) is 0 Å². The summed E-state index contributed by atoms with van der Waals surface area (Å²) in [7, 11) is 0. The van der Waals surface area contributed by atoms with E-state index >= 15 is 0 Å². The average molecular weight is 275 g/mol. The molecule has 20 heavy (non-hydrogen) atoms. The zero-order chi connectivity index (χ0) is 13.9. The third-order valence-electron chi connectivity index (χ3n) is 4.28. The number of pyridine rings is 1. The molecule has 1 atom stereocenters. The maximum Gasteiger partial charge on any atom is 0.255 e. The minimum absolute atomic E-state index is 0.0753. The highest BCUT2D eigenvalue weighted by Gasteiger charge is 2.31. The van der Waals surface area contributed by atoms with Gasteiger partial charge in [0.15, 0.2) is 0 Å². The van der Waals surface area contributed by atoms with Crippen LogP contribution in [-0.2, 0) is 0 Å². The number of amides is 1. The van der Waals surface area contributed by atoms with E-state index in [1.807, 2.05) is 4.90 Å². The molecule has 0 spiro atoms. The minimum Gasteiger partial charge on any atom is -0.336 e. The number of anilines is 1. The van der Waals surface area contributed by atoms with Crippen molar-refractivity contribution in [3.05, 3.63) is 23.9 Å². The monoisotopic (exact) mass is 275 g/mol. The number of aromatic nitrogens is 1. The molecule has 1 unspecified atom stereocenters. The zero-order valence-electron chi connectivity index (χ0n) is 11.6. The average Bonchev–Trinajstić information content (AvgIpc) is 2.54. The molecule has 6 heteroatoms. The van der Waals surface area contributed by atoms with Crippen molar-refractivity contribution in [1.82, 2.24) is 14.8 Å². The molecule has 1 aromatic heterocycles. The fraction of sp³-hybridized carbons (Fsp3) is 0.571. The van der Waals surface area contributed by atoms with Gasteiger partial charge in [0.25, 0.3) is 5.91 Å². The first-order chi connectivity index (χ1) is 9.78. The maximum atomic E-state index is 12.5. The van der Waals surface area contributed by atoms with Crippen molar-refractivity contribution in [3.63, 3.8) is 0 Å². The van der Waals surface area contributed by atoms with Crippen molar-refractivity contribution in [2.45, 2.75) is 25.3 Å². The molecule has 0 bridgehead atoms. The number of nitrogens with two attached hydrogens (primary N) is 1. The molecule has 0 radical (unpaired) electrons. The summed E-state index contributed by atoms with van der Waals surface area (Å²) < 4.78 is 0. The first-order valence-electron chi connectivity index (χ1n) is 7.24. The van der Waals surface area contributed by atoms with Crippen LogP contribution in [0.1, 0.15) is 29.6 Å². The maximum absolute atomic E-state index is 12.5. The first kappa shape index (κ1) is 13.3. The number of fused-ring (bicyclic) bond motifs is 1. The summed E-state index contributed by atoms with van der Waals surface area (Å²) in [4.78, 5) is 21.1. The van der Waals surface area contributed by atoms with Gasteiger partial charge in [-0.2, -0.15) is 0 Å². The Bertz CT molecular complexity index is 475. The Morgan fingerprint density at radius 3 is 2.95 bits per heavy atom. The summed E-state index contributed by atoms with van der Waals surface area (Å²) in [5.74, 6) is 5.92. The minimum atomic E-state index is 0.0753. The largest absolute Gasteiger partial charge is 0.336 e. The second-order valence-electron chi connectivity index (χ2n) is 5.51. The first-order valence-corrected chi connectivity index (χ1v) is 7.24. The highest BCUT2D eigenvalue weighted by molar-refractivity contribution is 5.94. The van der Waals surface area contributed by atoms with E-state index in [0.29, 0.717) is 17.4 Å². The lowest BCUT2D eigenvalue weighted by molar-refractivity contribution is 0.0372. The van der Waals surface area contributed by atoms with Gasteiger partial charge >= 0.3 is 0 Å². The molecule has 0 aliphatic carbocycles. The number of hydrazine groups is 1. The number of hydrogen-bond donors (Lipinski definition) is 2. The van der Waals surface area contributed by atoms with Crippen molar-refractivity contribution < 1.29 is 4.79 Å². The van der Waals surface area contributed by atoms with Crippen LogP contribution in [0.25, 0.3) is 0 Å². The number of hydrogen-bond acceptors (Lipinski definition) is 5. The summed E-state index contributed by atoms with van der Waals surface area (Å²) in [6.07, 6.45) is 5.37. The number of rotatable bonds is 2. The standard InChI is InChI=1S/C14H21N5O/c15-17-13-5-4-11(9-16-13)14(20)19-8-7-18-6-2-1-3-12(18)10-19/h4-5,9,12H,1-3,6-8,10,15H2,(H,16,17). The molecule has 108 valence electrons. The SMILES string of the molecule is NNc1ccc(C(=O)N2CCN3CCCCC3C2)cn1. The number of piperazine rings is 1. The van der Waals surface area contributed by atoms with Crippen molar-refractivity contribution in [2.24, 2.45) is 5.84 Å². The van der Waals surface area contributed by atoms with Gasteiger partial charge in [0.1, 0.15) is 5.82 Å². The van der Waals surface area contributed by atoms with Gasteiger partial charge in [-0.05, 0) is 31.5 Å². The Labute approximate surface area is 118 Å². The predicted octanol–water partition coefficient (Wildman–Crippen LogP) is 0.678. The summed E-state index contributed by atoms with van der Waals surface area (Å²) in [5, 5.41) is 0. The number of nitrogens with zero attached hydrogens (tertiary/aromatic N) is 3. The van der Waals surface area contributed by atoms with E-state index in [9.17, 15) is 4.79 Å². The van der Waals surface area contributed by atoms with Crippen molar-refractivity contribution >= 4 is 11.7 Å². The van der Waals surface area contributed by atoms with E-state index in [2.05, 4.69) is 15.3 Å². The molecule has 0 aromatic carbocycles. The van der Waals surface area contributed by atoms with Gasteiger partial charge in [-0.3, -0.25) is 9.69 Å². The van der Waals surface area contributed by atoms with Crippen LogP contribution in [0.5, 0.6) is 0 Å². The molecule has 2 aliphatic rings. The third kappa shape index (κ3) is 2.62. The van der Waals surface area contributed by atoms with Gasteiger partial charge in [0.05, 0.1) is 5.56 Å². The predicted molar refractivity (Wildman–Crippen MR) is 77.2 cm³/mol. The molecule has 0 saturated carbocycles. The second-order valence-corrected chi connectivity index (χ2v) is 5.51. The van der Waals surface area contributed by atoms with Gasteiger partial charge in [0.2, 0.25) is 0 Å². The zero-order valence-corrected chi connectivity index (χ0v) is 11.6. The Morgan fingerprint density at radius 1 is 1.30 bits per heavy atom. The molecule has 3 rings (SSSR count). The van der Waals surface area contributed by atoms with Crippen LogP contribution in [0.3, 0.4) is 0 Å². The normalized spacial score (nSPS) is 23.2. The van der Waals surface area contributed by atoms with E-state index < -0.39 is 0 Å². The number of carbonyl (C=O) groups is 1. The summed E-state index contributed by atoms with van der Waals surface area (Å²) in [6, 6.07) is 4.04. The van der Waals surface area contributed by atoms with Gasteiger partial charge in [-0.25, -0.2) is 10.8 Å². The molecule has 2 aliphatic heterocycles. The Balaban J connectivity index is 1.67. The van der Waals surface area contributed by atoms with Gasteiger partial charge < -0.3 is 10.3 Å². The summed E-state index contributed by atoms with van der Waals surface area (Å²) in [5.41, 5.74) is 3.10. The van der Waals surface area contributed by atoms with Crippen molar-refractivity contribution in [2.75, 3.05) is 31.6 Å². The lowest BCUT2D eigenvalue weighted by atomic mass is 9.99. The summed E-state index contributed by atoms with van der Waals surface area (Å²) >= 11 is 0. The highest BCUT2D eigenvalue weighted by atomic mass is 16.2. The summed E-state index contributed by atoms with van der Waals surface area (Å²) in [6.45, 7) is 3.83. The van der Waals surface area contributed by atoms with Gasteiger partial charge in [-0.1, -0.05) is 6.42 Å². The topological polar surface area (TPSA) is 74.5 Å². The van der Waals surface area contributed by atoms with E-state index in [1.165, 1.54) is 25.8 Å². The van der Waals surface area contributed by atoms with Crippen molar-refractivity contribution in [3.8, 4) is 0 Å². The number of nitrogen functional groups attached to an aromatic ring is 1. The van der Waals surface area contributed by atoms with E-state index in [0.717, 1.165) is 19.6 Å². The third-order valence-corrected chi connectivity index (χ3v) is 4.28. The molecular formula is C14H21N5O. The van der Waals surface area contributed by atoms with Crippen molar-refractivity contribution in [1.29, 1.82) is 0 Å². The van der Waals surface area contributed by atoms with Crippen LogP contribution >= 0.6 is 0 Å². The van der Waals surface area contributed by atoms with E-state index in [-0.39, 0.29) is 5.91 Å². The Morgan fingerprint density at radius 2 is 2.20 bits per heavy atom. The lowest BCUT2D eigenvalue weighted by Crippen LogP contribution is -2.56. The van der Waals surface area contributed by atoms with Gasteiger partial charge in [0, 0.05) is 31.9 Å². The molecule has 2 saturated heterocycles. The van der Waals surface area contributed by atoms with Crippen LogP contribution in [0.15, 0.2) is 18.3 Å². The number of nitrogens with one attached hydrogen (secondary N) is 1. The van der Waals surface area contributed by atoms with Crippen LogP contribution in [0.4, 0.5) is 5.82 Å². The molecule has 2 fully saturated rings. The molecule has 1 amide bonds. The smallest absolute Gasteiger partial charge is 0.255 e. The quantitative estimate of drug-likeness (QED) is 0.613. The molecule has 6 nitrogen and oxygen atoms in total. The molecular weight excluding hydrogens is 254 g/mol. The van der Waals surface area contributed by atoms with Gasteiger partial charge in [-0.15, -0.1) is 0 Å². The highest BCUT2D eigenvalue weighted by Crippen LogP contribution is 2.22. The fourth-order valence-corrected chi connectivity index (χ4v) is 3.13. The number of piperidine rings is 1.